The summed E-state index contributed by atoms with van der Waals surface area (Å²) in [5, 5.41) is 5.65. The van der Waals surface area contributed by atoms with E-state index in [0.717, 1.165) is 11.1 Å². The molecule has 0 atom stereocenters. The Labute approximate surface area is 215 Å². The molecular formula is C31H26N2O4. The van der Waals surface area contributed by atoms with Gasteiger partial charge >= 0.3 is 0 Å². The Kier molecular flexibility index (Phi) is 8.14. The third kappa shape index (κ3) is 6.96. The number of nitrogens with one attached hydrogen (secondary N) is 2. The average molecular weight is 491 g/mol. The van der Waals surface area contributed by atoms with Crippen molar-refractivity contribution >= 4 is 35.3 Å². The van der Waals surface area contributed by atoms with E-state index < -0.39 is 0 Å². The molecule has 0 saturated heterocycles. The molecule has 4 aromatic carbocycles. The van der Waals surface area contributed by atoms with Crippen molar-refractivity contribution in [3.05, 3.63) is 127 Å². The van der Waals surface area contributed by atoms with Crippen molar-refractivity contribution in [3.63, 3.8) is 0 Å². The second kappa shape index (κ2) is 12.0. The van der Waals surface area contributed by atoms with Gasteiger partial charge in [0.1, 0.15) is 17.2 Å². The highest BCUT2D eigenvalue weighted by molar-refractivity contribution is 6.04. The van der Waals surface area contributed by atoms with Gasteiger partial charge in [-0.15, -0.1) is 0 Å². The molecule has 37 heavy (non-hydrogen) atoms. The first kappa shape index (κ1) is 25.0. The Hall–Kier alpha value is -5.10. The van der Waals surface area contributed by atoms with Gasteiger partial charge in [-0.1, -0.05) is 61.7 Å². The van der Waals surface area contributed by atoms with Crippen molar-refractivity contribution in [2.24, 2.45) is 0 Å². The van der Waals surface area contributed by atoms with Gasteiger partial charge in [-0.3, -0.25) is 9.59 Å². The summed E-state index contributed by atoms with van der Waals surface area (Å²) in [6, 6.07) is 28.6. The van der Waals surface area contributed by atoms with Gasteiger partial charge in [0, 0.05) is 23.0 Å². The van der Waals surface area contributed by atoms with Crippen LogP contribution < -0.4 is 20.1 Å². The predicted octanol–water partition coefficient (Wildman–Crippen LogP) is 7.03. The maximum absolute atomic E-state index is 12.8. The number of carbonyl (C=O) groups is 2. The normalized spacial score (nSPS) is 10.2. The molecule has 2 N–H and O–H groups in total. The van der Waals surface area contributed by atoms with E-state index in [1.54, 1.807) is 60.7 Å². The molecule has 0 aliphatic heterocycles. The molecule has 4 aromatic rings. The lowest BCUT2D eigenvalue weighted by atomic mass is 10.1. The standard InChI is InChI=1S/C31H26N2O4/c1-3-22-16-17-26(18-23(22)4-2)32-30(34)21-36-28-14-8-10-24(19-28)31(35)33-25-11-9-15-29(20-25)37-27-12-6-5-7-13-27/h3-20H,1-2,21H2,(H,32,34)(H,33,35). The highest BCUT2D eigenvalue weighted by Crippen LogP contribution is 2.24. The highest BCUT2D eigenvalue weighted by atomic mass is 16.5. The zero-order valence-corrected chi connectivity index (χ0v) is 20.1. The van der Waals surface area contributed by atoms with Crippen molar-refractivity contribution in [2.75, 3.05) is 17.2 Å². The molecule has 4 rings (SSSR count). The minimum Gasteiger partial charge on any atom is -0.484 e. The number of para-hydroxylation sites is 1. The maximum atomic E-state index is 12.8. The topological polar surface area (TPSA) is 76.7 Å². The SMILES string of the molecule is C=Cc1ccc(NC(=O)COc2cccc(C(=O)Nc3cccc(Oc4ccccc4)c3)c2)cc1C=C. The lowest BCUT2D eigenvalue weighted by molar-refractivity contribution is -0.118. The summed E-state index contributed by atoms with van der Waals surface area (Å²) in [6.07, 6.45) is 3.43. The third-order valence-electron chi connectivity index (χ3n) is 5.35. The summed E-state index contributed by atoms with van der Waals surface area (Å²) in [5.74, 6) is 1.07. The van der Waals surface area contributed by atoms with Crippen LogP contribution in [0.2, 0.25) is 0 Å². The molecule has 0 fully saturated rings. The average Bonchev–Trinajstić information content (AvgIpc) is 2.93. The summed E-state index contributed by atoms with van der Waals surface area (Å²) in [4.78, 5) is 25.2. The molecule has 0 aliphatic carbocycles. The van der Waals surface area contributed by atoms with E-state index in [0.29, 0.717) is 34.2 Å². The first-order valence-electron chi connectivity index (χ1n) is 11.6. The lowest BCUT2D eigenvalue weighted by Crippen LogP contribution is -2.20. The molecule has 0 unspecified atom stereocenters. The molecule has 0 spiro atoms. The van der Waals surface area contributed by atoms with Crippen molar-refractivity contribution in [1.82, 2.24) is 0 Å². The van der Waals surface area contributed by atoms with E-state index in [4.69, 9.17) is 9.47 Å². The van der Waals surface area contributed by atoms with Gasteiger partial charge in [0.2, 0.25) is 0 Å². The van der Waals surface area contributed by atoms with E-state index in [-0.39, 0.29) is 18.4 Å². The molecule has 6 nitrogen and oxygen atoms in total. The van der Waals surface area contributed by atoms with Crippen LogP contribution in [-0.4, -0.2) is 18.4 Å². The largest absolute Gasteiger partial charge is 0.484 e. The first-order chi connectivity index (χ1) is 18.0. The Morgan fingerprint density at radius 1 is 0.676 bits per heavy atom. The zero-order chi connectivity index (χ0) is 26.0. The zero-order valence-electron chi connectivity index (χ0n) is 20.1. The van der Waals surface area contributed by atoms with Crippen LogP contribution >= 0.6 is 0 Å². The van der Waals surface area contributed by atoms with Gasteiger partial charge < -0.3 is 20.1 Å². The number of hydrogen-bond donors (Lipinski definition) is 2. The van der Waals surface area contributed by atoms with E-state index in [9.17, 15) is 9.59 Å². The van der Waals surface area contributed by atoms with Crippen LogP contribution in [0.25, 0.3) is 12.2 Å². The van der Waals surface area contributed by atoms with E-state index >= 15 is 0 Å². The summed E-state index contributed by atoms with van der Waals surface area (Å²) < 4.78 is 11.4. The molecule has 0 aliphatic rings. The monoisotopic (exact) mass is 490 g/mol. The molecule has 0 aromatic heterocycles. The van der Waals surface area contributed by atoms with Gasteiger partial charge in [0.25, 0.3) is 11.8 Å². The van der Waals surface area contributed by atoms with Crippen LogP contribution in [0.15, 0.2) is 110 Å². The van der Waals surface area contributed by atoms with E-state index in [1.165, 1.54) is 0 Å². The number of rotatable bonds is 10. The Bertz CT molecular complexity index is 1430. The fourth-order valence-corrected chi connectivity index (χ4v) is 3.55. The minimum atomic E-state index is -0.327. The van der Waals surface area contributed by atoms with Crippen LogP contribution in [0.1, 0.15) is 21.5 Å². The smallest absolute Gasteiger partial charge is 0.262 e. The number of ether oxygens (including phenoxy) is 2. The summed E-state index contributed by atoms with van der Waals surface area (Å²) in [6.45, 7) is 7.34. The molecule has 2 amide bonds. The number of anilines is 2. The Morgan fingerprint density at radius 3 is 2.16 bits per heavy atom. The number of hydrogen-bond acceptors (Lipinski definition) is 4. The first-order valence-corrected chi connectivity index (χ1v) is 11.6. The quantitative estimate of drug-likeness (QED) is 0.250. The van der Waals surface area contributed by atoms with Crippen molar-refractivity contribution in [1.29, 1.82) is 0 Å². The van der Waals surface area contributed by atoms with Gasteiger partial charge in [-0.05, 0) is 65.7 Å². The molecule has 6 heteroatoms. The number of carbonyl (C=O) groups excluding carboxylic acids is 2. The number of benzene rings is 4. The van der Waals surface area contributed by atoms with Gasteiger partial charge in [-0.25, -0.2) is 0 Å². The van der Waals surface area contributed by atoms with Crippen LogP contribution in [0.3, 0.4) is 0 Å². The summed E-state index contributed by atoms with van der Waals surface area (Å²) in [5.41, 5.74) is 3.40. The molecule has 0 radical (unpaired) electrons. The molecule has 0 saturated carbocycles. The Balaban J connectivity index is 1.34. The van der Waals surface area contributed by atoms with Crippen LogP contribution in [0.5, 0.6) is 17.2 Å². The van der Waals surface area contributed by atoms with E-state index in [1.807, 2.05) is 48.5 Å². The van der Waals surface area contributed by atoms with Crippen LogP contribution in [-0.2, 0) is 4.79 Å². The van der Waals surface area contributed by atoms with Crippen LogP contribution in [0, 0.1) is 0 Å². The Morgan fingerprint density at radius 2 is 1.38 bits per heavy atom. The van der Waals surface area contributed by atoms with Gasteiger partial charge in [-0.2, -0.15) is 0 Å². The second-order valence-corrected chi connectivity index (χ2v) is 8.01. The fraction of sp³-hybridized carbons (Fsp3) is 0.0323. The third-order valence-corrected chi connectivity index (χ3v) is 5.35. The van der Waals surface area contributed by atoms with Crippen molar-refractivity contribution in [2.45, 2.75) is 0 Å². The lowest BCUT2D eigenvalue weighted by Gasteiger charge is -2.11. The van der Waals surface area contributed by atoms with Gasteiger partial charge in [0.05, 0.1) is 0 Å². The summed E-state index contributed by atoms with van der Waals surface area (Å²) in [7, 11) is 0. The van der Waals surface area contributed by atoms with Crippen molar-refractivity contribution < 1.29 is 19.1 Å². The van der Waals surface area contributed by atoms with E-state index in [2.05, 4.69) is 23.8 Å². The minimum absolute atomic E-state index is 0.212. The maximum Gasteiger partial charge on any atom is 0.262 e. The van der Waals surface area contributed by atoms with Gasteiger partial charge in [0.15, 0.2) is 6.61 Å². The number of amides is 2. The molecule has 184 valence electrons. The molecule has 0 heterocycles. The molecular weight excluding hydrogens is 464 g/mol. The predicted molar refractivity (Wildman–Crippen MR) is 148 cm³/mol. The summed E-state index contributed by atoms with van der Waals surface area (Å²) >= 11 is 0. The van der Waals surface area contributed by atoms with Crippen LogP contribution in [0.4, 0.5) is 11.4 Å². The fourth-order valence-electron chi connectivity index (χ4n) is 3.55. The van der Waals surface area contributed by atoms with Crippen molar-refractivity contribution in [3.8, 4) is 17.2 Å². The molecule has 0 bridgehead atoms. The highest BCUT2D eigenvalue weighted by Gasteiger charge is 2.10. The second-order valence-electron chi connectivity index (χ2n) is 8.01.